The Kier molecular flexibility index (Phi) is 3.25. The summed E-state index contributed by atoms with van der Waals surface area (Å²) in [6.07, 6.45) is -0.456. The first-order valence-corrected chi connectivity index (χ1v) is 5.34. The van der Waals surface area contributed by atoms with Crippen molar-refractivity contribution in [2.45, 2.75) is 19.6 Å². The summed E-state index contributed by atoms with van der Waals surface area (Å²) in [6, 6.07) is 0. The predicted octanol–water partition coefficient (Wildman–Crippen LogP) is -0.313. The third-order valence-electron chi connectivity index (χ3n) is 1.64. The molecule has 14 heavy (non-hydrogen) atoms. The van der Waals surface area contributed by atoms with E-state index < -0.39 is 22.5 Å². The fourth-order valence-electron chi connectivity index (χ4n) is 0.818. The lowest BCUT2D eigenvalue weighted by atomic mass is 10.2. The molecular weight excluding hydrogens is 210 g/mol. The molecule has 1 N–H and O–H groups in total. The average molecular weight is 221 g/mol. The summed E-state index contributed by atoms with van der Waals surface area (Å²) in [4.78, 5) is 11.2. The zero-order valence-electron chi connectivity index (χ0n) is 7.65. The molecule has 0 aromatic rings. The van der Waals surface area contributed by atoms with Crippen LogP contribution in [0.5, 0.6) is 0 Å². The lowest BCUT2D eigenvalue weighted by molar-refractivity contribution is -0.119. The van der Waals surface area contributed by atoms with Crippen molar-refractivity contribution in [2.75, 3.05) is 6.61 Å². The molecule has 1 amide bonds. The Morgan fingerprint density at radius 2 is 2.29 bits per heavy atom. The van der Waals surface area contributed by atoms with E-state index in [4.69, 9.17) is 0 Å². The molecule has 0 aromatic carbocycles. The molecule has 1 saturated heterocycles. The van der Waals surface area contributed by atoms with Crippen molar-refractivity contribution < 1.29 is 21.6 Å². The number of rotatable bonds is 3. The highest BCUT2D eigenvalue weighted by molar-refractivity contribution is 7.82. The minimum absolute atomic E-state index is 0.203. The Hall–Kier alpha value is -0.920. The molecule has 1 aliphatic rings. The normalized spacial score (nSPS) is 24.5. The summed E-state index contributed by atoms with van der Waals surface area (Å²) in [5.41, 5.74) is 0.359. The molecule has 0 saturated carbocycles. The molecule has 0 spiro atoms. The van der Waals surface area contributed by atoms with Crippen LogP contribution in [-0.2, 0) is 23.6 Å². The van der Waals surface area contributed by atoms with E-state index in [0.29, 0.717) is 12.0 Å². The maximum absolute atomic E-state index is 11.2. The van der Waals surface area contributed by atoms with Crippen molar-refractivity contribution in [1.29, 1.82) is 0 Å². The van der Waals surface area contributed by atoms with Crippen LogP contribution in [0.1, 0.15) is 13.3 Å². The average Bonchev–Trinajstić information content (AvgIpc) is 2.44. The minimum atomic E-state index is -3.92. The van der Waals surface area contributed by atoms with E-state index in [0.717, 1.165) is 0 Å². The highest BCUT2D eigenvalue weighted by atomic mass is 32.3. The SMILES string of the molecule is C=C(CC)C(=O)NC1COS(=O)(=O)O1. The van der Waals surface area contributed by atoms with E-state index in [1.54, 1.807) is 6.92 Å². The summed E-state index contributed by atoms with van der Waals surface area (Å²) in [5, 5.41) is 2.32. The minimum Gasteiger partial charge on any atom is -0.324 e. The van der Waals surface area contributed by atoms with Crippen LogP contribution in [0.25, 0.3) is 0 Å². The van der Waals surface area contributed by atoms with Gasteiger partial charge in [-0.1, -0.05) is 13.5 Å². The Morgan fingerprint density at radius 3 is 2.71 bits per heavy atom. The maximum atomic E-state index is 11.2. The molecule has 80 valence electrons. The molecule has 1 aliphatic heterocycles. The summed E-state index contributed by atoms with van der Waals surface area (Å²) >= 11 is 0. The molecule has 0 radical (unpaired) electrons. The van der Waals surface area contributed by atoms with Gasteiger partial charge in [0.25, 0.3) is 0 Å². The number of hydrogen-bond acceptors (Lipinski definition) is 5. The second-order valence-corrected chi connectivity index (χ2v) is 3.95. The second-order valence-electron chi connectivity index (χ2n) is 2.71. The van der Waals surface area contributed by atoms with Crippen molar-refractivity contribution >= 4 is 16.3 Å². The Bertz CT molecular complexity index is 347. The molecule has 7 heteroatoms. The first-order chi connectivity index (χ1) is 6.44. The van der Waals surface area contributed by atoms with Crippen LogP contribution >= 0.6 is 0 Å². The van der Waals surface area contributed by atoms with Gasteiger partial charge < -0.3 is 5.32 Å². The predicted molar refractivity (Wildman–Crippen MR) is 47.3 cm³/mol. The van der Waals surface area contributed by atoms with Crippen LogP contribution in [0.2, 0.25) is 0 Å². The molecule has 0 aromatic heterocycles. The lowest BCUT2D eigenvalue weighted by Gasteiger charge is -2.08. The standard InChI is InChI=1S/C7H11NO5S/c1-3-5(2)7(9)8-6-4-12-14(10,11)13-6/h6H,2-4H2,1H3,(H,8,9). The topological polar surface area (TPSA) is 81.7 Å². The molecule has 0 aliphatic carbocycles. The molecule has 1 heterocycles. The molecule has 0 bridgehead atoms. The monoisotopic (exact) mass is 221 g/mol. The molecular formula is C7H11NO5S. The Balaban J connectivity index is 2.48. The molecule has 1 fully saturated rings. The van der Waals surface area contributed by atoms with E-state index in [1.807, 2.05) is 0 Å². The summed E-state index contributed by atoms with van der Waals surface area (Å²) in [7, 11) is -3.92. The van der Waals surface area contributed by atoms with Crippen LogP contribution < -0.4 is 5.32 Å². The first-order valence-electron chi connectivity index (χ1n) is 4.01. The summed E-state index contributed by atoms with van der Waals surface area (Å²) in [6.45, 7) is 5.06. The number of amides is 1. The molecule has 1 unspecified atom stereocenters. The van der Waals surface area contributed by atoms with Gasteiger partial charge in [0.2, 0.25) is 5.91 Å². The third kappa shape index (κ3) is 2.79. The molecule has 1 rings (SSSR count). The molecule has 1 atom stereocenters. The van der Waals surface area contributed by atoms with E-state index in [9.17, 15) is 13.2 Å². The van der Waals surface area contributed by atoms with E-state index in [-0.39, 0.29) is 6.61 Å². The fourth-order valence-corrected chi connectivity index (χ4v) is 1.55. The van der Waals surface area contributed by atoms with Gasteiger partial charge in [-0.2, -0.15) is 8.42 Å². The van der Waals surface area contributed by atoms with Crippen molar-refractivity contribution in [1.82, 2.24) is 5.32 Å². The number of carbonyl (C=O) groups excluding carboxylic acids is 1. The van der Waals surface area contributed by atoms with E-state index in [2.05, 4.69) is 20.3 Å². The third-order valence-corrected chi connectivity index (χ3v) is 2.53. The quantitative estimate of drug-likeness (QED) is 0.661. The number of hydrogen-bond donors (Lipinski definition) is 1. The molecule has 6 nitrogen and oxygen atoms in total. The van der Waals surface area contributed by atoms with Crippen LogP contribution in [0.15, 0.2) is 12.2 Å². The van der Waals surface area contributed by atoms with Crippen molar-refractivity contribution in [3.8, 4) is 0 Å². The van der Waals surface area contributed by atoms with E-state index in [1.165, 1.54) is 0 Å². The van der Waals surface area contributed by atoms with Crippen molar-refractivity contribution in [2.24, 2.45) is 0 Å². The summed E-state index contributed by atoms with van der Waals surface area (Å²) < 4.78 is 30.0. The smallest absolute Gasteiger partial charge is 0.324 e. The van der Waals surface area contributed by atoms with Gasteiger partial charge in [-0.25, -0.2) is 8.37 Å². The lowest BCUT2D eigenvalue weighted by Crippen LogP contribution is -2.37. The van der Waals surface area contributed by atoms with Gasteiger partial charge in [0.05, 0.1) is 0 Å². The van der Waals surface area contributed by atoms with Crippen LogP contribution in [0, 0.1) is 0 Å². The van der Waals surface area contributed by atoms with Crippen molar-refractivity contribution in [3.63, 3.8) is 0 Å². The van der Waals surface area contributed by atoms with Gasteiger partial charge in [-0.05, 0) is 6.42 Å². The van der Waals surface area contributed by atoms with Crippen LogP contribution in [0.4, 0.5) is 0 Å². The zero-order chi connectivity index (χ0) is 10.8. The van der Waals surface area contributed by atoms with Gasteiger partial charge in [0, 0.05) is 5.57 Å². The van der Waals surface area contributed by atoms with Gasteiger partial charge in [0.15, 0.2) is 6.23 Å². The highest BCUT2D eigenvalue weighted by Crippen LogP contribution is 2.10. The Labute approximate surface area is 82.2 Å². The van der Waals surface area contributed by atoms with Gasteiger partial charge in [-0.3, -0.25) is 4.79 Å². The van der Waals surface area contributed by atoms with Gasteiger partial charge in [0.1, 0.15) is 6.61 Å². The first kappa shape index (κ1) is 11.2. The van der Waals surface area contributed by atoms with E-state index >= 15 is 0 Å². The van der Waals surface area contributed by atoms with Crippen molar-refractivity contribution in [3.05, 3.63) is 12.2 Å². The van der Waals surface area contributed by atoms with Crippen LogP contribution in [-0.4, -0.2) is 27.2 Å². The fraction of sp³-hybridized carbons (Fsp3) is 0.571. The number of carbonyl (C=O) groups is 1. The summed E-state index contributed by atoms with van der Waals surface area (Å²) in [5.74, 6) is -0.432. The Morgan fingerprint density at radius 1 is 1.64 bits per heavy atom. The number of nitrogens with one attached hydrogen (secondary N) is 1. The zero-order valence-corrected chi connectivity index (χ0v) is 8.46. The van der Waals surface area contributed by atoms with Gasteiger partial charge >= 0.3 is 10.4 Å². The maximum Gasteiger partial charge on any atom is 0.402 e. The van der Waals surface area contributed by atoms with Crippen LogP contribution in [0.3, 0.4) is 0 Å². The largest absolute Gasteiger partial charge is 0.402 e. The highest BCUT2D eigenvalue weighted by Gasteiger charge is 2.31. The van der Waals surface area contributed by atoms with Gasteiger partial charge in [-0.15, -0.1) is 0 Å². The second kappa shape index (κ2) is 4.07.